The minimum atomic E-state index is -1.17. The molecule has 2 unspecified atom stereocenters. The summed E-state index contributed by atoms with van der Waals surface area (Å²) >= 11 is 0. The lowest BCUT2D eigenvalue weighted by Gasteiger charge is -2.12. The molecule has 72 valence electrons. The number of benzene rings is 1. The molecule has 0 aromatic heterocycles. The summed E-state index contributed by atoms with van der Waals surface area (Å²) in [7, 11) is 0. The molecule has 13 heavy (non-hydrogen) atoms. The van der Waals surface area contributed by atoms with E-state index in [4.69, 9.17) is 5.73 Å². The van der Waals surface area contributed by atoms with Crippen LogP contribution in [0.15, 0.2) is 18.2 Å². The van der Waals surface area contributed by atoms with Gasteiger partial charge >= 0.3 is 0 Å². The van der Waals surface area contributed by atoms with E-state index in [9.17, 15) is 9.50 Å². The van der Waals surface area contributed by atoms with Crippen LogP contribution in [0.1, 0.15) is 37.2 Å². The third kappa shape index (κ3) is 1.98. The summed E-state index contributed by atoms with van der Waals surface area (Å²) in [5, 5.41) is 9.61. The molecule has 1 rings (SSSR count). The van der Waals surface area contributed by atoms with Crippen LogP contribution in [0.25, 0.3) is 0 Å². The molecule has 0 aliphatic heterocycles. The van der Waals surface area contributed by atoms with Crippen LogP contribution >= 0.6 is 0 Å². The quantitative estimate of drug-likeness (QED) is 0.739. The second-order valence-electron chi connectivity index (χ2n) is 3.19. The highest BCUT2D eigenvalue weighted by atomic mass is 19.1. The highest BCUT2D eigenvalue weighted by Crippen LogP contribution is 2.32. The van der Waals surface area contributed by atoms with E-state index in [0.717, 1.165) is 0 Å². The normalized spacial score (nSPS) is 15.4. The number of halogens is 1. The molecule has 2 nitrogen and oxygen atoms in total. The molecule has 0 spiro atoms. The number of phenolic OH excluding ortho intramolecular Hbond substituents is 1. The Morgan fingerprint density at radius 3 is 2.31 bits per heavy atom. The Hall–Kier alpha value is -1.09. The molecule has 0 amide bonds. The Morgan fingerprint density at radius 1 is 1.31 bits per heavy atom. The van der Waals surface area contributed by atoms with Crippen LogP contribution in [0.5, 0.6) is 5.75 Å². The van der Waals surface area contributed by atoms with Crippen LogP contribution in [0.4, 0.5) is 4.39 Å². The van der Waals surface area contributed by atoms with Crippen molar-refractivity contribution >= 4 is 0 Å². The zero-order valence-electron chi connectivity index (χ0n) is 7.79. The first-order valence-corrected chi connectivity index (χ1v) is 4.25. The molecule has 0 bridgehead atoms. The largest absolute Gasteiger partial charge is 0.507 e. The number of phenols is 1. The van der Waals surface area contributed by atoms with E-state index in [0.29, 0.717) is 11.1 Å². The number of para-hydroxylation sites is 1. The number of aromatic hydroxyl groups is 1. The number of hydrogen-bond donors (Lipinski definition) is 2. The van der Waals surface area contributed by atoms with Gasteiger partial charge in [0.15, 0.2) is 0 Å². The average Bonchev–Trinajstić information content (AvgIpc) is 2.03. The van der Waals surface area contributed by atoms with Gasteiger partial charge in [0.25, 0.3) is 0 Å². The number of alkyl halides is 1. The maximum Gasteiger partial charge on any atom is 0.126 e. The van der Waals surface area contributed by atoms with Gasteiger partial charge in [0.1, 0.15) is 11.9 Å². The molecular formula is C10H14FNO. The van der Waals surface area contributed by atoms with Crippen molar-refractivity contribution in [2.45, 2.75) is 26.1 Å². The molecule has 1 aromatic carbocycles. The van der Waals surface area contributed by atoms with Crippen LogP contribution < -0.4 is 5.73 Å². The zero-order chi connectivity index (χ0) is 10.0. The van der Waals surface area contributed by atoms with E-state index in [-0.39, 0.29) is 11.8 Å². The fourth-order valence-corrected chi connectivity index (χ4v) is 1.27. The van der Waals surface area contributed by atoms with Crippen molar-refractivity contribution in [3.63, 3.8) is 0 Å². The van der Waals surface area contributed by atoms with Gasteiger partial charge in [-0.25, -0.2) is 4.39 Å². The van der Waals surface area contributed by atoms with Crippen molar-refractivity contribution in [2.24, 2.45) is 5.73 Å². The SMILES string of the molecule is CC(N)c1cccc(C(C)F)c1O. The summed E-state index contributed by atoms with van der Waals surface area (Å²) in [5.74, 6) is -0.0208. The lowest BCUT2D eigenvalue weighted by molar-refractivity contribution is 0.354. The summed E-state index contributed by atoms with van der Waals surface area (Å²) < 4.78 is 12.9. The lowest BCUT2D eigenvalue weighted by Crippen LogP contribution is -2.06. The highest BCUT2D eigenvalue weighted by molar-refractivity contribution is 5.42. The first-order chi connectivity index (χ1) is 6.04. The zero-order valence-corrected chi connectivity index (χ0v) is 7.79. The van der Waals surface area contributed by atoms with E-state index in [1.807, 2.05) is 0 Å². The Kier molecular flexibility index (Phi) is 2.88. The predicted molar refractivity (Wildman–Crippen MR) is 50.2 cm³/mol. The van der Waals surface area contributed by atoms with Crippen molar-refractivity contribution < 1.29 is 9.50 Å². The van der Waals surface area contributed by atoms with Gasteiger partial charge in [-0.15, -0.1) is 0 Å². The van der Waals surface area contributed by atoms with Gasteiger partial charge in [0, 0.05) is 17.2 Å². The first-order valence-electron chi connectivity index (χ1n) is 4.25. The third-order valence-electron chi connectivity index (χ3n) is 2.02. The second kappa shape index (κ2) is 3.75. The third-order valence-corrected chi connectivity index (χ3v) is 2.02. The molecule has 0 heterocycles. The molecular weight excluding hydrogens is 169 g/mol. The van der Waals surface area contributed by atoms with Crippen LogP contribution in [-0.4, -0.2) is 5.11 Å². The predicted octanol–water partition coefficient (Wildman–Crippen LogP) is 2.44. The molecule has 3 N–H and O–H groups in total. The Bertz CT molecular complexity index is 271. The van der Waals surface area contributed by atoms with Gasteiger partial charge in [-0.05, 0) is 13.8 Å². The molecule has 0 aliphatic carbocycles. The Morgan fingerprint density at radius 2 is 1.85 bits per heavy atom. The number of rotatable bonds is 2. The van der Waals surface area contributed by atoms with Gasteiger partial charge in [-0.3, -0.25) is 0 Å². The van der Waals surface area contributed by atoms with Crippen molar-refractivity contribution in [2.75, 3.05) is 0 Å². The average molecular weight is 183 g/mol. The van der Waals surface area contributed by atoms with Gasteiger partial charge in [0.2, 0.25) is 0 Å². The van der Waals surface area contributed by atoms with Crippen LogP contribution in [0, 0.1) is 0 Å². The fraction of sp³-hybridized carbons (Fsp3) is 0.400. The topological polar surface area (TPSA) is 46.2 Å². The van der Waals surface area contributed by atoms with Crippen molar-refractivity contribution in [1.29, 1.82) is 0 Å². The van der Waals surface area contributed by atoms with E-state index in [2.05, 4.69) is 0 Å². The lowest BCUT2D eigenvalue weighted by atomic mass is 10.0. The van der Waals surface area contributed by atoms with Crippen LogP contribution in [0.2, 0.25) is 0 Å². The molecule has 3 heteroatoms. The van der Waals surface area contributed by atoms with Crippen LogP contribution in [0.3, 0.4) is 0 Å². The molecule has 0 saturated carbocycles. The smallest absolute Gasteiger partial charge is 0.126 e. The fourth-order valence-electron chi connectivity index (χ4n) is 1.27. The maximum absolute atomic E-state index is 12.9. The summed E-state index contributed by atoms with van der Waals surface area (Å²) in [6, 6.07) is 4.68. The van der Waals surface area contributed by atoms with Crippen molar-refractivity contribution in [3.05, 3.63) is 29.3 Å². The van der Waals surface area contributed by atoms with Crippen LogP contribution in [-0.2, 0) is 0 Å². The van der Waals surface area contributed by atoms with E-state index >= 15 is 0 Å². The summed E-state index contributed by atoms with van der Waals surface area (Å²) in [5.41, 5.74) is 6.49. The van der Waals surface area contributed by atoms with E-state index < -0.39 is 6.17 Å². The summed E-state index contributed by atoms with van der Waals surface area (Å²) in [6.07, 6.45) is -1.17. The van der Waals surface area contributed by atoms with Crippen molar-refractivity contribution in [3.8, 4) is 5.75 Å². The molecule has 2 atom stereocenters. The Labute approximate surface area is 77.2 Å². The first kappa shape index (κ1) is 9.99. The van der Waals surface area contributed by atoms with Gasteiger partial charge in [0.05, 0.1) is 0 Å². The molecule has 1 aromatic rings. The summed E-state index contributed by atoms with van der Waals surface area (Å²) in [6.45, 7) is 3.14. The minimum absolute atomic E-state index is 0.0208. The second-order valence-corrected chi connectivity index (χ2v) is 3.19. The highest BCUT2D eigenvalue weighted by Gasteiger charge is 2.13. The van der Waals surface area contributed by atoms with E-state index in [1.165, 1.54) is 6.92 Å². The number of hydrogen-bond acceptors (Lipinski definition) is 2. The minimum Gasteiger partial charge on any atom is -0.507 e. The van der Waals surface area contributed by atoms with E-state index in [1.54, 1.807) is 25.1 Å². The Balaban J connectivity index is 3.18. The van der Waals surface area contributed by atoms with Gasteiger partial charge in [-0.1, -0.05) is 18.2 Å². The van der Waals surface area contributed by atoms with Gasteiger partial charge < -0.3 is 10.8 Å². The number of nitrogens with two attached hydrogens (primary N) is 1. The maximum atomic E-state index is 12.9. The standard InChI is InChI=1S/C10H14FNO/c1-6(11)8-4-3-5-9(7(2)12)10(8)13/h3-7,13H,12H2,1-2H3. The molecule has 0 fully saturated rings. The summed E-state index contributed by atoms with van der Waals surface area (Å²) in [4.78, 5) is 0. The molecule has 0 aliphatic rings. The van der Waals surface area contributed by atoms with Crippen molar-refractivity contribution in [1.82, 2.24) is 0 Å². The van der Waals surface area contributed by atoms with Gasteiger partial charge in [-0.2, -0.15) is 0 Å². The molecule has 0 saturated heterocycles. The monoisotopic (exact) mass is 183 g/mol. The molecule has 0 radical (unpaired) electrons.